The van der Waals surface area contributed by atoms with Crippen LogP contribution >= 0.6 is 23.4 Å². The number of hydrogen-bond donors (Lipinski definition) is 2. The predicted octanol–water partition coefficient (Wildman–Crippen LogP) is 7.15. The summed E-state index contributed by atoms with van der Waals surface area (Å²) in [6.07, 6.45) is -0.327. The van der Waals surface area contributed by atoms with Crippen LogP contribution in [0.15, 0.2) is 101 Å². The number of esters is 1. The van der Waals surface area contributed by atoms with E-state index in [9.17, 15) is 14.9 Å². The van der Waals surface area contributed by atoms with E-state index in [1.165, 1.54) is 11.8 Å². The number of para-hydroxylation sites is 1. The maximum absolute atomic E-state index is 13.1. The van der Waals surface area contributed by atoms with Crippen LogP contribution in [0.3, 0.4) is 0 Å². The molecule has 0 bridgehead atoms. The number of hydrogen-bond acceptors (Lipinski definition) is 7. The van der Waals surface area contributed by atoms with Crippen LogP contribution in [0.2, 0.25) is 5.02 Å². The fourth-order valence-corrected chi connectivity index (χ4v) is 5.15. The lowest BCUT2D eigenvalue weighted by atomic mass is 9.82. The molecule has 0 saturated heterocycles. The molecule has 7 nitrogen and oxygen atoms in total. The molecule has 40 heavy (non-hydrogen) atoms. The molecule has 0 unspecified atom stereocenters. The Kier molecular flexibility index (Phi) is 9.54. The number of anilines is 1. The van der Waals surface area contributed by atoms with E-state index >= 15 is 0 Å². The van der Waals surface area contributed by atoms with Crippen molar-refractivity contribution in [2.75, 3.05) is 11.1 Å². The number of nitriles is 1. The van der Waals surface area contributed by atoms with Gasteiger partial charge in [-0.05, 0) is 74.9 Å². The average molecular weight is 574 g/mol. The first-order valence-electron chi connectivity index (χ1n) is 12.6. The number of allylic oxidation sites excluding steroid dienone is 2. The van der Waals surface area contributed by atoms with Gasteiger partial charge in [-0.1, -0.05) is 53.7 Å². The van der Waals surface area contributed by atoms with Crippen LogP contribution in [0.1, 0.15) is 32.3 Å². The normalized spacial score (nSPS) is 14.8. The predicted molar refractivity (Wildman–Crippen MR) is 158 cm³/mol. The zero-order valence-corrected chi connectivity index (χ0v) is 23.8. The number of carbonyl (C=O) groups is 2. The minimum Gasteiger partial charge on any atom is -0.460 e. The molecule has 2 N–H and O–H groups in total. The standard InChI is InChI=1S/C31H28ClN3O4S/c1-19(2)38-31(37)28-20(3)34-30(26(17-33)29(28)21-9-11-22(32)12-10-21)40-18-27(36)35-23-13-15-25(16-14-23)39-24-7-5-4-6-8-24/h4-16,19,29,34H,18H2,1-3H3,(H,35,36)/t29-/m0/s1. The number of carbonyl (C=O) groups excluding carboxylic acids is 2. The highest BCUT2D eigenvalue weighted by molar-refractivity contribution is 8.03. The Morgan fingerprint density at radius 1 is 1.02 bits per heavy atom. The van der Waals surface area contributed by atoms with E-state index < -0.39 is 11.9 Å². The quantitative estimate of drug-likeness (QED) is 0.262. The van der Waals surface area contributed by atoms with Gasteiger partial charge in [0.2, 0.25) is 5.91 Å². The second-order valence-corrected chi connectivity index (χ2v) is 10.7. The molecule has 1 atom stereocenters. The SMILES string of the molecule is CC1=C(C(=O)OC(C)C)[C@@H](c2ccc(Cl)cc2)C(C#N)=C(SCC(=O)Nc2ccc(Oc3ccccc3)cc2)N1. The van der Waals surface area contributed by atoms with Crippen LogP contribution in [-0.2, 0) is 14.3 Å². The topological polar surface area (TPSA) is 100 Å². The maximum atomic E-state index is 13.1. The zero-order chi connectivity index (χ0) is 28.6. The van der Waals surface area contributed by atoms with E-state index in [0.29, 0.717) is 38.3 Å². The van der Waals surface area contributed by atoms with Crippen LogP contribution in [0.5, 0.6) is 11.5 Å². The first kappa shape index (κ1) is 28.8. The summed E-state index contributed by atoms with van der Waals surface area (Å²) in [6.45, 7) is 5.30. The molecule has 0 saturated carbocycles. The number of ether oxygens (including phenoxy) is 2. The summed E-state index contributed by atoms with van der Waals surface area (Å²) in [5.74, 6) is -0.00721. The molecule has 0 aromatic heterocycles. The number of nitrogens with one attached hydrogen (secondary N) is 2. The molecule has 0 fully saturated rings. The summed E-state index contributed by atoms with van der Waals surface area (Å²) in [5, 5.41) is 17.2. The van der Waals surface area contributed by atoms with Crippen molar-refractivity contribution in [3.8, 4) is 17.6 Å². The lowest BCUT2D eigenvalue weighted by Crippen LogP contribution is -2.30. The maximum Gasteiger partial charge on any atom is 0.337 e. The van der Waals surface area contributed by atoms with Gasteiger partial charge in [0.1, 0.15) is 11.5 Å². The van der Waals surface area contributed by atoms with Gasteiger partial charge in [0.25, 0.3) is 0 Å². The third kappa shape index (κ3) is 7.26. The Hall–Kier alpha value is -4.19. The first-order chi connectivity index (χ1) is 19.2. The number of halogens is 1. The van der Waals surface area contributed by atoms with Crippen molar-refractivity contribution in [2.45, 2.75) is 32.8 Å². The average Bonchev–Trinajstić information content (AvgIpc) is 2.93. The van der Waals surface area contributed by atoms with E-state index in [4.69, 9.17) is 21.1 Å². The fourth-order valence-electron chi connectivity index (χ4n) is 4.13. The van der Waals surface area contributed by atoms with Crippen LogP contribution in [0.25, 0.3) is 0 Å². The van der Waals surface area contributed by atoms with Crippen LogP contribution in [-0.4, -0.2) is 23.7 Å². The highest BCUT2D eigenvalue weighted by atomic mass is 35.5. The van der Waals surface area contributed by atoms with Crippen molar-refractivity contribution in [1.29, 1.82) is 5.26 Å². The number of thioether (sulfide) groups is 1. The summed E-state index contributed by atoms with van der Waals surface area (Å²) in [6, 6.07) is 25.7. The van der Waals surface area contributed by atoms with Gasteiger partial charge in [-0.3, -0.25) is 4.79 Å². The van der Waals surface area contributed by atoms with Gasteiger partial charge in [0.15, 0.2) is 0 Å². The van der Waals surface area contributed by atoms with Crippen molar-refractivity contribution in [3.05, 3.63) is 111 Å². The molecule has 3 aromatic carbocycles. The van der Waals surface area contributed by atoms with Gasteiger partial charge in [0, 0.05) is 16.4 Å². The highest BCUT2D eigenvalue weighted by Gasteiger charge is 2.36. The van der Waals surface area contributed by atoms with Crippen LogP contribution in [0.4, 0.5) is 5.69 Å². The summed E-state index contributed by atoms with van der Waals surface area (Å²) in [4.78, 5) is 25.9. The monoisotopic (exact) mass is 573 g/mol. The molecule has 0 aliphatic carbocycles. The summed E-state index contributed by atoms with van der Waals surface area (Å²) in [7, 11) is 0. The van der Waals surface area contributed by atoms with Crippen molar-refractivity contribution < 1.29 is 19.1 Å². The first-order valence-corrected chi connectivity index (χ1v) is 14.0. The zero-order valence-electron chi connectivity index (χ0n) is 22.2. The molecule has 3 aromatic rings. The second-order valence-electron chi connectivity index (χ2n) is 9.23. The molecule has 1 heterocycles. The summed E-state index contributed by atoms with van der Waals surface area (Å²) in [5.41, 5.74) is 2.56. The molecule has 0 spiro atoms. The van der Waals surface area contributed by atoms with Gasteiger partial charge < -0.3 is 20.1 Å². The third-order valence-electron chi connectivity index (χ3n) is 5.88. The number of rotatable bonds is 9. The highest BCUT2D eigenvalue weighted by Crippen LogP contribution is 2.41. The Morgan fingerprint density at radius 2 is 1.68 bits per heavy atom. The number of nitrogens with zero attached hydrogens (tertiary/aromatic N) is 1. The Balaban J connectivity index is 1.49. The number of amides is 1. The van der Waals surface area contributed by atoms with Gasteiger partial charge in [-0.2, -0.15) is 5.26 Å². The van der Waals surface area contributed by atoms with Crippen molar-refractivity contribution in [3.63, 3.8) is 0 Å². The Morgan fingerprint density at radius 3 is 2.30 bits per heavy atom. The van der Waals surface area contributed by atoms with Crippen LogP contribution in [0, 0.1) is 11.3 Å². The molecule has 9 heteroatoms. The van der Waals surface area contributed by atoms with Gasteiger partial charge in [-0.15, -0.1) is 0 Å². The fraction of sp³-hybridized carbons (Fsp3) is 0.194. The van der Waals surface area contributed by atoms with Crippen molar-refractivity contribution in [1.82, 2.24) is 5.32 Å². The van der Waals surface area contributed by atoms with Gasteiger partial charge in [0.05, 0.1) is 40.0 Å². The minimum atomic E-state index is -0.669. The molecule has 1 aliphatic rings. The Labute approximate surface area is 242 Å². The van der Waals surface area contributed by atoms with Gasteiger partial charge >= 0.3 is 5.97 Å². The van der Waals surface area contributed by atoms with E-state index in [1.54, 1.807) is 69.3 Å². The lowest BCUT2D eigenvalue weighted by Gasteiger charge is -2.29. The molecule has 0 radical (unpaired) electrons. The van der Waals surface area contributed by atoms with E-state index in [1.807, 2.05) is 30.3 Å². The smallest absolute Gasteiger partial charge is 0.337 e. The molecule has 4 rings (SSSR count). The van der Waals surface area contributed by atoms with E-state index in [-0.39, 0.29) is 17.8 Å². The molecule has 1 aliphatic heterocycles. The minimum absolute atomic E-state index is 0.0438. The molecular weight excluding hydrogens is 546 g/mol. The van der Waals surface area contributed by atoms with Crippen molar-refractivity contribution in [2.24, 2.45) is 0 Å². The van der Waals surface area contributed by atoms with Crippen LogP contribution < -0.4 is 15.4 Å². The molecule has 1 amide bonds. The summed E-state index contributed by atoms with van der Waals surface area (Å²) < 4.78 is 11.3. The third-order valence-corrected chi connectivity index (χ3v) is 7.15. The molecular formula is C31H28ClN3O4S. The lowest BCUT2D eigenvalue weighted by molar-refractivity contribution is -0.143. The number of benzene rings is 3. The van der Waals surface area contributed by atoms with E-state index in [0.717, 1.165) is 11.3 Å². The molecule has 204 valence electrons. The van der Waals surface area contributed by atoms with Crippen molar-refractivity contribution >= 4 is 40.9 Å². The van der Waals surface area contributed by atoms with Gasteiger partial charge in [-0.25, -0.2) is 4.79 Å². The summed E-state index contributed by atoms with van der Waals surface area (Å²) >= 11 is 7.29. The number of dihydropyridines is 1. The second kappa shape index (κ2) is 13.2. The Bertz CT molecular complexity index is 1480. The van der Waals surface area contributed by atoms with E-state index in [2.05, 4.69) is 16.7 Å². The largest absolute Gasteiger partial charge is 0.460 e.